The molecule has 0 aromatic carbocycles. The van der Waals surface area contributed by atoms with Gasteiger partial charge in [0.1, 0.15) is 0 Å². The van der Waals surface area contributed by atoms with Crippen LogP contribution in [0.1, 0.15) is 5.56 Å². The Balaban J connectivity index is 2.93. The molecule has 1 N–H and O–H groups in total. The van der Waals surface area contributed by atoms with E-state index in [0.717, 1.165) is 5.06 Å². The molecule has 0 aliphatic heterocycles. The van der Waals surface area contributed by atoms with E-state index in [1.165, 1.54) is 21.3 Å². The highest BCUT2D eigenvalue weighted by atomic mass is 16.5. The highest BCUT2D eigenvalue weighted by Gasteiger charge is 2.08. The Morgan fingerprint density at radius 3 is 2.64 bits per heavy atom. The first-order chi connectivity index (χ1) is 6.67. The number of hydrogen-bond donors (Lipinski definition) is 1. The summed E-state index contributed by atoms with van der Waals surface area (Å²) in [6.45, 7) is 0.299. The van der Waals surface area contributed by atoms with E-state index in [-0.39, 0.29) is 6.01 Å². The zero-order chi connectivity index (χ0) is 10.6. The third kappa shape index (κ3) is 2.54. The summed E-state index contributed by atoms with van der Waals surface area (Å²) in [4.78, 5) is 7.88. The Kier molecular flexibility index (Phi) is 3.61. The van der Waals surface area contributed by atoms with Crippen molar-refractivity contribution in [3.8, 4) is 11.9 Å². The second kappa shape index (κ2) is 4.73. The van der Waals surface area contributed by atoms with Crippen molar-refractivity contribution in [3.63, 3.8) is 0 Å². The monoisotopic (exact) mass is 199 g/mol. The molecule has 1 rings (SSSR count). The Morgan fingerprint density at radius 2 is 2.14 bits per heavy atom. The molecule has 0 radical (unpaired) electrons. The van der Waals surface area contributed by atoms with Gasteiger partial charge in [-0.3, -0.25) is 0 Å². The molecule has 0 fully saturated rings. The van der Waals surface area contributed by atoms with Crippen molar-refractivity contribution in [2.75, 3.05) is 21.3 Å². The van der Waals surface area contributed by atoms with Crippen LogP contribution in [-0.2, 0) is 6.54 Å². The molecule has 1 heterocycles. The molecule has 1 aromatic heterocycles. The minimum absolute atomic E-state index is 0.242. The fourth-order valence-corrected chi connectivity index (χ4v) is 1.01. The lowest BCUT2D eigenvalue weighted by molar-refractivity contribution is -0.0737. The molecular formula is C8H13N3O3. The molecule has 0 atom stereocenters. The average Bonchev–Trinajstić information content (AvgIpc) is 2.17. The number of methoxy groups -OCH3 is 2. The van der Waals surface area contributed by atoms with Gasteiger partial charge < -0.3 is 14.7 Å². The van der Waals surface area contributed by atoms with Crippen molar-refractivity contribution in [2.45, 2.75) is 6.54 Å². The lowest BCUT2D eigenvalue weighted by Crippen LogP contribution is -2.13. The summed E-state index contributed by atoms with van der Waals surface area (Å²) in [7, 11) is 4.51. The van der Waals surface area contributed by atoms with Gasteiger partial charge in [-0.25, -0.2) is 4.98 Å². The molecule has 14 heavy (non-hydrogen) atoms. The maximum Gasteiger partial charge on any atom is 0.319 e. The van der Waals surface area contributed by atoms with Gasteiger partial charge in [0.2, 0.25) is 5.88 Å². The second-order valence-electron chi connectivity index (χ2n) is 2.71. The molecule has 78 valence electrons. The Morgan fingerprint density at radius 1 is 1.43 bits per heavy atom. The highest BCUT2D eigenvalue weighted by Crippen LogP contribution is 2.17. The van der Waals surface area contributed by atoms with Crippen LogP contribution in [0.2, 0.25) is 0 Å². The van der Waals surface area contributed by atoms with Crippen molar-refractivity contribution in [1.29, 1.82) is 0 Å². The highest BCUT2D eigenvalue weighted by molar-refractivity contribution is 5.24. The molecule has 6 nitrogen and oxygen atoms in total. The van der Waals surface area contributed by atoms with Gasteiger partial charge in [0, 0.05) is 18.8 Å². The van der Waals surface area contributed by atoms with E-state index in [9.17, 15) is 0 Å². The molecule has 0 aliphatic carbocycles. The summed E-state index contributed by atoms with van der Waals surface area (Å²) in [5.41, 5.74) is 0.693. The van der Waals surface area contributed by atoms with Crippen LogP contribution in [-0.4, -0.2) is 41.5 Å². The summed E-state index contributed by atoms with van der Waals surface area (Å²) in [5, 5.41) is 10.1. The number of hydrogen-bond acceptors (Lipinski definition) is 6. The molecule has 0 saturated heterocycles. The average molecular weight is 199 g/mol. The molecule has 0 saturated carbocycles. The van der Waals surface area contributed by atoms with E-state index < -0.39 is 0 Å². The van der Waals surface area contributed by atoms with E-state index in [2.05, 4.69) is 9.97 Å². The maximum absolute atomic E-state index is 9.04. The third-order valence-electron chi connectivity index (χ3n) is 1.58. The molecule has 0 bridgehead atoms. The van der Waals surface area contributed by atoms with Gasteiger partial charge in [-0.15, -0.1) is 0 Å². The van der Waals surface area contributed by atoms with Gasteiger partial charge in [-0.05, 0) is 0 Å². The summed E-state index contributed by atoms with van der Waals surface area (Å²) in [5.74, 6) is 0.401. The van der Waals surface area contributed by atoms with E-state index in [1.54, 1.807) is 6.20 Å². The molecule has 0 spiro atoms. The van der Waals surface area contributed by atoms with Crippen LogP contribution in [0.3, 0.4) is 0 Å². The number of hydroxylamine groups is 2. The van der Waals surface area contributed by atoms with E-state index in [4.69, 9.17) is 14.7 Å². The first-order valence-corrected chi connectivity index (χ1v) is 4.01. The lowest BCUT2D eigenvalue weighted by Gasteiger charge is -2.11. The van der Waals surface area contributed by atoms with Gasteiger partial charge in [-0.2, -0.15) is 10.0 Å². The van der Waals surface area contributed by atoms with Crippen molar-refractivity contribution < 1.29 is 14.7 Å². The lowest BCUT2D eigenvalue weighted by atomic mass is 10.3. The summed E-state index contributed by atoms with van der Waals surface area (Å²) in [6.07, 6.45) is 1.55. The Bertz CT molecular complexity index is 304. The van der Waals surface area contributed by atoms with Crippen molar-refractivity contribution >= 4 is 0 Å². The molecular weight excluding hydrogens is 186 g/mol. The summed E-state index contributed by atoms with van der Waals surface area (Å²) >= 11 is 0. The SMILES string of the molecule is COc1ncc(CN(C)O)c(OC)n1. The minimum atomic E-state index is 0.242. The molecule has 1 aromatic rings. The quantitative estimate of drug-likeness (QED) is 0.704. The van der Waals surface area contributed by atoms with Gasteiger partial charge in [0.15, 0.2) is 0 Å². The number of ether oxygens (including phenoxy) is 2. The van der Waals surface area contributed by atoms with Crippen LogP contribution < -0.4 is 9.47 Å². The molecule has 0 unspecified atom stereocenters. The Labute approximate surface area is 82.1 Å². The van der Waals surface area contributed by atoms with Crippen LogP contribution in [0.5, 0.6) is 11.9 Å². The third-order valence-corrected chi connectivity index (χ3v) is 1.58. The van der Waals surface area contributed by atoms with Gasteiger partial charge in [0.25, 0.3) is 0 Å². The fourth-order valence-electron chi connectivity index (χ4n) is 1.01. The topological polar surface area (TPSA) is 67.7 Å². The second-order valence-corrected chi connectivity index (χ2v) is 2.71. The van der Waals surface area contributed by atoms with Crippen molar-refractivity contribution in [2.24, 2.45) is 0 Å². The van der Waals surface area contributed by atoms with Crippen LogP contribution >= 0.6 is 0 Å². The van der Waals surface area contributed by atoms with Gasteiger partial charge >= 0.3 is 6.01 Å². The predicted octanol–water partition coefficient (Wildman–Crippen LogP) is 0.315. The van der Waals surface area contributed by atoms with E-state index in [1.807, 2.05) is 0 Å². The van der Waals surface area contributed by atoms with Gasteiger partial charge in [-0.1, -0.05) is 0 Å². The first kappa shape index (κ1) is 10.7. The predicted molar refractivity (Wildman–Crippen MR) is 48.4 cm³/mol. The maximum atomic E-state index is 9.04. The largest absolute Gasteiger partial charge is 0.481 e. The fraction of sp³-hybridized carbons (Fsp3) is 0.500. The Hall–Kier alpha value is -1.40. The zero-order valence-electron chi connectivity index (χ0n) is 8.39. The van der Waals surface area contributed by atoms with Crippen LogP contribution in [0.25, 0.3) is 0 Å². The van der Waals surface area contributed by atoms with Gasteiger partial charge in [0.05, 0.1) is 20.8 Å². The van der Waals surface area contributed by atoms with E-state index >= 15 is 0 Å². The summed E-state index contributed by atoms with van der Waals surface area (Å²) < 4.78 is 9.86. The molecule has 0 aliphatic rings. The van der Waals surface area contributed by atoms with Crippen LogP contribution in [0.15, 0.2) is 6.20 Å². The minimum Gasteiger partial charge on any atom is -0.481 e. The van der Waals surface area contributed by atoms with E-state index in [0.29, 0.717) is 18.0 Å². The molecule has 0 amide bonds. The van der Waals surface area contributed by atoms with Crippen molar-refractivity contribution in [3.05, 3.63) is 11.8 Å². The number of nitrogens with zero attached hydrogens (tertiary/aromatic N) is 3. The molecule has 6 heteroatoms. The number of rotatable bonds is 4. The standard InChI is InChI=1S/C8H13N3O3/c1-11(12)5-6-4-9-8(14-3)10-7(6)13-2/h4,12H,5H2,1-3H3. The van der Waals surface area contributed by atoms with Crippen LogP contribution in [0.4, 0.5) is 0 Å². The zero-order valence-corrected chi connectivity index (χ0v) is 8.39. The first-order valence-electron chi connectivity index (χ1n) is 4.01. The normalized spacial score (nSPS) is 10.4. The van der Waals surface area contributed by atoms with Crippen LogP contribution in [0, 0.1) is 0 Å². The number of aromatic nitrogens is 2. The smallest absolute Gasteiger partial charge is 0.319 e. The summed E-state index contributed by atoms with van der Waals surface area (Å²) in [6, 6.07) is 0.242. The van der Waals surface area contributed by atoms with Crippen molar-refractivity contribution in [1.82, 2.24) is 15.0 Å².